The molecule has 32 heavy (non-hydrogen) atoms. The second kappa shape index (κ2) is 8.15. The maximum absolute atomic E-state index is 13.3. The number of hydrogen-bond donors (Lipinski definition) is 1. The maximum Gasteiger partial charge on any atom is 0.434 e. The Morgan fingerprint density at radius 1 is 1.12 bits per heavy atom. The molecule has 3 heterocycles. The molecule has 0 radical (unpaired) electrons. The molecule has 0 aliphatic carbocycles. The fourth-order valence-corrected chi connectivity index (χ4v) is 4.70. The van der Waals surface area contributed by atoms with Crippen molar-refractivity contribution in [1.82, 2.24) is 24.3 Å². The van der Waals surface area contributed by atoms with Crippen LogP contribution in [0.3, 0.4) is 0 Å². The Hall–Kier alpha value is -3.02. The summed E-state index contributed by atoms with van der Waals surface area (Å²) < 4.78 is 68.4. The SMILES string of the molecule is CCNS(=O)(=O)c1cc(-c2cn3nc(-c4cccnc4C(F)(F)F)ccc3n2)ccc1Cl. The normalized spacial score (nSPS) is 12.4. The molecule has 0 saturated heterocycles. The van der Waals surface area contributed by atoms with Gasteiger partial charge in [0.1, 0.15) is 4.90 Å². The van der Waals surface area contributed by atoms with Gasteiger partial charge in [0.15, 0.2) is 11.3 Å². The summed E-state index contributed by atoms with van der Waals surface area (Å²) in [5.74, 6) is 0. The van der Waals surface area contributed by atoms with Gasteiger partial charge in [0.2, 0.25) is 10.0 Å². The van der Waals surface area contributed by atoms with E-state index in [1.165, 1.54) is 47.1 Å². The Bertz CT molecular complexity index is 1420. The predicted molar refractivity (Wildman–Crippen MR) is 113 cm³/mol. The van der Waals surface area contributed by atoms with Crippen LogP contribution >= 0.6 is 11.6 Å². The lowest BCUT2D eigenvalue weighted by molar-refractivity contribution is -0.140. The Morgan fingerprint density at radius 2 is 1.91 bits per heavy atom. The first-order valence-electron chi connectivity index (χ1n) is 9.29. The third-order valence-corrected chi connectivity index (χ3v) is 6.55. The summed E-state index contributed by atoms with van der Waals surface area (Å²) in [5.41, 5.74) is 0.0586. The molecule has 4 aromatic rings. The first kappa shape index (κ1) is 22.2. The van der Waals surface area contributed by atoms with E-state index in [-0.39, 0.29) is 27.7 Å². The van der Waals surface area contributed by atoms with Crippen LogP contribution in [-0.4, -0.2) is 34.5 Å². The van der Waals surface area contributed by atoms with Crippen molar-refractivity contribution in [3.63, 3.8) is 0 Å². The number of imidazole rings is 1. The molecule has 0 saturated carbocycles. The highest BCUT2D eigenvalue weighted by atomic mass is 35.5. The maximum atomic E-state index is 13.3. The molecule has 0 aliphatic heterocycles. The number of fused-ring (bicyclic) bond motifs is 1. The van der Waals surface area contributed by atoms with Gasteiger partial charge in [0.25, 0.3) is 0 Å². The van der Waals surface area contributed by atoms with E-state index in [0.29, 0.717) is 16.9 Å². The van der Waals surface area contributed by atoms with Crippen LogP contribution in [0.4, 0.5) is 13.2 Å². The number of halogens is 4. The Labute approximate surface area is 185 Å². The fraction of sp³-hybridized carbons (Fsp3) is 0.150. The van der Waals surface area contributed by atoms with Crippen LogP contribution in [0.1, 0.15) is 12.6 Å². The Morgan fingerprint density at radius 3 is 2.62 bits per heavy atom. The molecular weight excluding hydrogens is 467 g/mol. The smallest absolute Gasteiger partial charge is 0.251 e. The van der Waals surface area contributed by atoms with Gasteiger partial charge in [0, 0.05) is 23.9 Å². The second-order valence-electron chi connectivity index (χ2n) is 6.69. The van der Waals surface area contributed by atoms with E-state index in [4.69, 9.17) is 11.6 Å². The molecule has 0 amide bonds. The van der Waals surface area contributed by atoms with E-state index in [1.54, 1.807) is 13.0 Å². The first-order valence-corrected chi connectivity index (χ1v) is 11.1. The number of hydrogen-bond acceptors (Lipinski definition) is 5. The van der Waals surface area contributed by atoms with Gasteiger partial charge in [-0.3, -0.25) is 4.98 Å². The Balaban J connectivity index is 1.79. The predicted octanol–water partition coefficient (Wildman–Crippen LogP) is 4.43. The molecule has 7 nitrogen and oxygen atoms in total. The minimum atomic E-state index is -4.63. The van der Waals surface area contributed by atoms with E-state index in [0.717, 1.165) is 6.20 Å². The van der Waals surface area contributed by atoms with Crippen LogP contribution in [-0.2, 0) is 16.2 Å². The summed E-state index contributed by atoms with van der Waals surface area (Å²) in [7, 11) is -3.81. The van der Waals surface area contributed by atoms with Gasteiger partial charge in [-0.25, -0.2) is 22.6 Å². The van der Waals surface area contributed by atoms with Gasteiger partial charge in [0.05, 0.1) is 22.6 Å². The van der Waals surface area contributed by atoms with Crippen molar-refractivity contribution in [2.24, 2.45) is 0 Å². The van der Waals surface area contributed by atoms with E-state index >= 15 is 0 Å². The molecule has 0 atom stereocenters. The molecule has 0 aliphatic rings. The lowest BCUT2D eigenvalue weighted by Gasteiger charge is -2.10. The quantitative estimate of drug-likeness (QED) is 0.455. The standard InChI is InChI=1S/C20H15ClF3N5O2S/c1-2-26-32(30,31)17-10-12(5-6-14(17)21)16-11-29-18(27-16)8-7-15(28-29)13-4-3-9-25-19(13)20(22,23)24/h3-11,26H,2H2,1H3. The highest BCUT2D eigenvalue weighted by Crippen LogP contribution is 2.35. The third kappa shape index (κ3) is 4.18. The van der Waals surface area contributed by atoms with Crippen LogP contribution in [0.2, 0.25) is 5.02 Å². The summed E-state index contributed by atoms with van der Waals surface area (Å²) in [6.07, 6.45) is -2.07. The molecule has 1 N–H and O–H groups in total. The second-order valence-corrected chi connectivity index (χ2v) is 8.83. The molecule has 0 bridgehead atoms. The summed E-state index contributed by atoms with van der Waals surface area (Å²) in [5, 5.41) is 4.29. The highest BCUT2D eigenvalue weighted by molar-refractivity contribution is 7.89. The summed E-state index contributed by atoms with van der Waals surface area (Å²) >= 11 is 6.07. The highest BCUT2D eigenvalue weighted by Gasteiger charge is 2.35. The van der Waals surface area contributed by atoms with Crippen molar-refractivity contribution >= 4 is 27.3 Å². The zero-order chi connectivity index (χ0) is 23.1. The minimum Gasteiger partial charge on any atom is -0.251 e. The van der Waals surface area contributed by atoms with Crippen LogP contribution in [0.5, 0.6) is 0 Å². The van der Waals surface area contributed by atoms with Crippen LogP contribution in [0.25, 0.3) is 28.2 Å². The third-order valence-electron chi connectivity index (χ3n) is 4.52. The number of alkyl halides is 3. The van der Waals surface area contributed by atoms with Crippen molar-refractivity contribution in [3.05, 3.63) is 65.6 Å². The first-order chi connectivity index (χ1) is 15.1. The molecule has 12 heteroatoms. The van der Waals surface area contributed by atoms with E-state index in [9.17, 15) is 21.6 Å². The molecule has 0 unspecified atom stereocenters. The molecule has 0 spiro atoms. The zero-order valence-corrected chi connectivity index (χ0v) is 18.0. The van der Waals surface area contributed by atoms with Crippen LogP contribution < -0.4 is 4.72 Å². The molecule has 1 aromatic carbocycles. The number of sulfonamides is 1. The van der Waals surface area contributed by atoms with Crippen molar-refractivity contribution in [2.75, 3.05) is 6.54 Å². The van der Waals surface area contributed by atoms with Gasteiger partial charge >= 0.3 is 6.18 Å². The number of aromatic nitrogens is 4. The van der Waals surface area contributed by atoms with Gasteiger partial charge in [-0.2, -0.15) is 18.3 Å². The topological polar surface area (TPSA) is 89.2 Å². The van der Waals surface area contributed by atoms with E-state index < -0.39 is 21.9 Å². The van der Waals surface area contributed by atoms with Crippen LogP contribution in [0.15, 0.2) is 59.8 Å². The lowest BCUT2D eigenvalue weighted by Crippen LogP contribution is -2.23. The largest absolute Gasteiger partial charge is 0.434 e. The van der Waals surface area contributed by atoms with Crippen LogP contribution in [0, 0.1) is 0 Å². The average molecular weight is 482 g/mol. The average Bonchev–Trinajstić information content (AvgIpc) is 3.16. The molecule has 4 rings (SSSR count). The van der Waals surface area contributed by atoms with Gasteiger partial charge < -0.3 is 0 Å². The van der Waals surface area contributed by atoms with E-state index in [1.807, 2.05) is 0 Å². The summed E-state index contributed by atoms with van der Waals surface area (Å²) in [6.45, 7) is 1.84. The summed E-state index contributed by atoms with van der Waals surface area (Å²) in [4.78, 5) is 7.74. The van der Waals surface area contributed by atoms with Crippen molar-refractivity contribution in [1.29, 1.82) is 0 Å². The van der Waals surface area contributed by atoms with Crippen molar-refractivity contribution in [2.45, 2.75) is 18.0 Å². The lowest BCUT2D eigenvalue weighted by atomic mass is 10.1. The van der Waals surface area contributed by atoms with Crippen molar-refractivity contribution < 1.29 is 21.6 Å². The molecule has 0 fully saturated rings. The molecule has 3 aromatic heterocycles. The van der Waals surface area contributed by atoms with E-state index in [2.05, 4.69) is 19.8 Å². The van der Waals surface area contributed by atoms with Gasteiger partial charge in [-0.1, -0.05) is 24.6 Å². The monoisotopic (exact) mass is 481 g/mol. The Kier molecular flexibility index (Phi) is 5.65. The number of nitrogens with one attached hydrogen (secondary N) is 1. The summed E-state index contributed by atoms with van der Waals surface area (Å²) in [6, 6.07) is 10.0. The van der Waals surface area contributed by atoms with Crippen molar-refractivity contribution in [3.8, 4) is 22.5 Å². The molecule has 166 valence electrons. The number of rotatable bonds is 5. The number of pyridine rings is 1. The minimum absolute atomic E-state index is 0.0510. The molecular formula is C20H15ClF3N5O2S. The number of nitrogens with zero attached hydrogens (tertiary/aromatic N) is 4. The fourth-order valence-electron chi connectivity index (χ4n) is 3.14. The zero-order valence-electron chi connectivity index (χ0n) is 16.4. The van der Waals surface area contributed by atoms with Gasteiger partial charge in [-0.15, -0.1) is 0 Å². The van der Waals surface area contributed by atoms with Gasteiger partial charge in [-0.05, 0) is 36.4 Å². The number of benzene rings is 1.